The average Bonchev–Trinajstić information content (AvgIpc) is 2.42. The van der Waals surface area contributed by atoms with Crippen molar-refractivity contribution >= 4 is 0 Å². The first-order valence-electron chi connectivity index (χ1n) is 5.50. The molecule has 1 N–H and O–H groups in total. The zero-order valence-corrected chi connectivity index (χ0v) is 9.33. The molecular formula is C11H23NO. The second-order valence-electron chi connectivity index (χ2n) is 4.56. The van der Waals surface area contributed by atoms with Crippen LogP contribution in [0.1, 0.15) is 40.5 Å². The van der Waals surface area contributed by atoms with Crippen LogP contribution in [0, 0.1) is 5.92 Å². The smallest absolute Gasteiger partial charge is 0.0682 e. The van der Waals surface area contributed by atoms with E-state index in [9.17, 15) is 5.11 Å². The maximum atomic E-state index is 9.53. The van der Waals surface area contributed by atoms with Crippen LogP contribution in [0.3, 0.4) is 0 Å². The van der Waals surface area contributed by atoms with Crippen molar-refractivity contribution in [2.45, 2.75) is 58.7 Å². The minimum Gasteiger partial charge on any atom is -0.392 e. The van der Waals surface area contributed by atoms with Crippen LogP contribution in [0.2, 0.25) is 0 Å². The lowest BCUT2D eigenvalue weighted by Crippen LogP contribution is -2.40. The molecule has 1 fully saturated rings. The first kappa shape index (κ1) is 11.0. The number of β-amino-alcohol motifs (C(OH)–C–C–N with tert-alkyl or cyclic N) is 1. The van der Waals surface area contributed by atoms with Crippen molar-refractivity contribution in [1.82, 2.24) is 4.90 Å². The predicted octanol–water partition coefficient (Wildman–Crippen LogP) is 1.88. The van der Waals surface area contributed by atoms with Gasteiger partial charge in [-0.25, -0.2) is 0 Å². The second kappa shape index (κ2) is 4.43. The van der Waals surface area contributed by atoms with Crippen LogP contribution in [0.4, 0.5) is 0 Å². The van der Waals surface area contributed by atoms with Gasteiger partial charge in [0.05, 0.1) is 6.10 Å². The van der Waals surface area contributed by atoms with Gasteiger partial charge < -0.3 is 5.11 Å². The van der Waals surface area contributed by atoms with E-state index < -0.39 is 0 Å². The summed E-state index contributed by atoms with van der Waals surface area (Å²) in [6, 6.07) is 1.16. The zero-order chi connectivity index (χ0) is 10.0. The molecule has 2 heteroatoms. The summed E-state index contributed by atoms with van der Waals surface area (Å²) in [5.74, 6) is 0.729. The zero-order valence-electron chi connectivity index (χ0n) is 9.33. The van der Waals surface area contributed by atoms with E-state index in [1.165, 1.54) is 6.42 Å². The van der Waals surface area contributed by atoms with Crippen molar-refractivity contribution < 1.29 is 5.11 Å². The largest absolute Gasteiger partial charge is 0.392 e. The fourth-order valence-electron chi connectivity index (χ4n) is 2.26. The molecule has 4 unspecified atom stereocenters. The molecular weight excluding hydrogens is 162 g/mol. The summed E-state index contributed by atoms with van der Waals surface area (Å²) >= 11 is 0. The molecule has 2 nitrogen and oxygen atoms in total. The number of rotatable bonds is 3. The van der Waals surface area contributed by atoms with E-state index in [0.717, 1.165) is 18.9 Å². The molecule has 1 aliphatic heterocycles. The lowest BCUT2D eigenvalue weighted by atomic mass is 9.99. The van der Waals surface area contributed by atoms with Gasteiger partial charge in [0.15, 0.2) is 0 Å². The molecule has 0 radical (unpaired) electrons. The van der Waals surface area contributed by atoms with E-state index in [4.69, 9.17) is 0 Å². The van der Waals surface area contributed by atoms with E-state index in [-0.39, 0.29) is 6.10 Å². The quantitative estimate of drug-likeness (QED) is 0.725. The Balaban J connectivity index is 2.51. The third-order valence-corrected chi connectivity index (χ3v) is 3.59. The lowest BCUT2D eigenvalue weighted by molar-refractivity contribution is 0.128. The summed E-state index contributed by atoms with van der Waals surface area (Å²) < 4.78 is 0. The third kappa shape index (κ3) is 2.44. The topological polar surface area (TPSA) is 23.5 Å². The molecule has 0 bridgehead atoms. The number of hydrogen-bond acceptors (Lipinski definition) is 2. The minimum absolute atomic E-state index is 0.0958. The Kier molecular flexibility index (Phi) is 3.74. The van der Waals surface area contributed by atoms with E-state index in [0.29, 0.717) is 12.1 Å². The summed E-state index contributed by atoms with van der Waals surface area (Å²) in [4.78, 5) is 2.44. The van der Waals surface area contributed by atoms with Gasteiger partial charge in [0, 0.05) is 18.6 Å². The highest BCUT2D eigenvalue weighted by atomic mass is 16.3. The van der Waals surface area contributed by atoms with Gasteiger partial charge in [-0.1, -0.05) is 20.3 Å². The number of hydrogen-bond donors (Lipinski definition) is 1. The number of aliphatic hydroxyl groups excluding tert-OH is 1. The van der Waals surface area contributed by atoms with E-state index in [1.807, 2.05) is 0 Å². The molecule has 0 amide bonds. The van der Waals surface area contributed by atoms with Gasteiger partial charge in [0.25, 0.3) is 0 Å². The van der Waals surface area contributed by atoms with E-state index in [2.05, 4.69) is 32.6 Å². The van der Waals surface area contributed by atoms with Crippen molar-refractivity contribution in [2.24, 2.45) is 5.92 Å². The van der Waals surface area contributed by atoms with Crippen LogP contribution in [0.25, 0.3) is 0 Å². The van der Waals surface area contributed by atoms with E-state index in [1.54, 1.807) is 0 Å². The van der Waals surface area contributed by atoms with Gasteiger partial charge in [-0.3, -0.25) is 4.90 Å². The molecule has 0 aromatic rings. The normalized spacial score (nSPS) is 34.8. The Morgan fingerprint density at radius 1 is 1.46 bits per heavy atom. The monoisotopic (exact) mass is 185 g/mol. The van der Waals surface area contributed by atoms with Crippen LogP contribution in [0.15, 0.2) is 0 Å². The fraction of sp³-hybridized carbons (Fsp3) is 1.00. The second-order valence-corrected chi connectivity index (χ2v) is 4.56. The van der Waals surface area contributed by atoms with Gasteiger partial charge in [0.2, 0.25) is 0 Å². The molecule has 0 spiro atoms. The molecule has 0 aromatic heterocycles. The highest BCUT2D eigenvalue weighted by Gasteiger charge is 2.32. The van der Waals surface area contributed by atoms with Crippen LogP contribution in [-0.4, -0.2) is 34.7 Å². The number of likely N-dealkylation sites (tertiary alicyclic amines) is 1. The molecule has 1 saturated heterocycles. The number of aliphatic hydroxyl groups is 1. The summed E-state index contributed by atoms with van der Waals surface area (Å²) in [6.07, 6.45) is 2.07. The van der Waals surface area contributed by atoms with Gasteiger partial charge in [-0.05, 0) is 26.2 Å². The Labute approximate surface area is 81.9 Å². The van der Waals surface area contributed by atoms with Gasteiger partial charge in [-0.15, -0.1) is 0 Å². The maximum absolute atomic E-state index is 9.53. The van der Waals surface area contributed by atoms with Crippen molar-refractivity contribution in [3.05, 3.63) is 0 Å². The Bertz CT molecular complexity index is 160. The third-order valence-electron chi connectivity index (χ3n) is 3.59. The number of nitrogens with zero attached hydrogens (tertiary/aromatic N) is 1. The van der Waals surface area contributed by atoms with Crippen molar-refractivity contribution in [3.63, 3.8) is 0 Å². The average molecular weight is 185 g/mol. The molecule has 1 heterocycles. The summed E-state index contributed by atoms with van der Waals surface area (Å²) in [5.41, 5.74) is 0. The molecule has 78 valence electrons. The molecule has 13 heavy (non-hydrogen) atoms. The summed E-state index contributed by atoms with van der Waals surface area (Å²) in [5, 5.41) is 9.53. The molecule has 4 atom stereocenters. The first-order valence-corrected chi connectivity index (χ1v) is 5.50. The predicted molar refractivity (Wildman–Crippen MR) is 55.7 cm³/mol. The lowest BCUT2D eigenvalue weighted by Gasteiger charge is -2.32. The van der Waals surface area contributed by atoms with Gasteiger partial charge in [0.1, 0.15) is 0 Å². The minimum atomic E-state index is -0.0958. The summed E-state index contributed by atoms with van der Waals surface area (Å²) in [7, 11) is 0. The fourth-order valence-corrected chi connectivity index (χ4v) is 2.26. The van der Waals surface area contributed by atoms with Crippen LogP contribution >= 0.6 is 0 Å². The van der Waals surface area contributed by atoms with Crippen molar-refractivity contribution in [3.8, 4) is 0 Å². The standard InChI is InChI=1S/C11H23NO/c1-5-8(2)10(4)12-7-11(13)6-9(12)3/h8-11,13H,5-7H2,1-4H3. The first-order chi connectivity index (χ1) is 6.06. The van der Waals surface area contributed by atoms with Crippen LogP contribution in [0.5, 0.6) is 0 Å². The van der Waals surface area contributed by atoms with Crippen molar-refractivity contribution in [2.75, 3.05) is 6.54 Å². The molecule has 0 aliphatic carbocycles. The van der Waals surface area contributed by atoms with Crippen LogP contribution < -0.4 is 0 Å². The summed E-state index contributed by atoms with van der Waals surface area (Å²) in [6.45, 7) is 9.89. The molecule has 0 saturated carbocycles. The highest BCUT2D eigenvalue weighted by molar-refractivity contribution is 4.86. The van der Waals surface area contributed by atoms with E-state index >= 15 is 0 Å². The Morgan fingerprint density at radius 2 is 2.08 bits per heavy atom. The Hall–Kier alpha value is -0.0800. The Morgan fingerprint density at radius 3 is 2.46 bits per heavy atom. The molecule has 0 aromatic carbocycles. The highest BCUT2D eigenvalue weighted by Crippen LogP contribution is 2.24. The van der Waals surface area contributed by atoms with Gasteiger partial charge >= 0.3 is 0 Å². The molecule has 1 aliphatic rings. The molecule has 1 rings (SSSR count). The van der Waals surface area contributed by atoms with Gasteiger partial charge in [-0.2, -0.15) is 0 Å². The SMILES string of the molecule is CCC(C)C(C)N1CC(O)CC1C. The van der Waals surface area contributed by atoms with Crippen molar-refractivity contribution in [1.29, 1.82) is 0 Å². The maximum Gasteiger partial charge on any atom is 0.0682 e. The van der Waals surface area contributed by atoms with Crippen LogP contribution in [-0.2, 0) is 0 Å².